The minimum absolute atomic E-state index is 0.0923. The van der Waals surface area contributed by atoms with Crippen molar-refractivity contribution in [2.24, 2.45) is 5.92 Å². The molecule has 0 aromatic carbocycles. The number of hydrogen-bond donors (Lipinski definition) is 1. The lowest BCUT2D eigenvalue weighted by molar-refractivity contribution is 0.0655. The molecule has 0 radical (unpaired) electrons. The standard InChI is InChI=1S/C15H23N3O/c1-11(2)10-18(13-5-3-4-6-13)15(19)12-7-8-17-14(16)9-12/h7-9,11,13H,3-6,10H2,1-2H3,(H2,16,17). The summed E-state index contributed by atoms with van der Waals surface area (Å²) in [7, 11) is 0. The summed E-state index contributed by atoms with van der Waals surface area (Å²) in [5.74, 6) is 0.972. The van der Waals surface area contributed by atoms with Gasteiger partial charge in [-0.15, -0.1) is 0 Å². The fourth-order valence-corrected chi connectivity index (χ4v) is 2.75. The van der Waals surface area contributed by atoms with E-state index in [-0.39, 0.29) is 5.91 Å². The molecule has 104 valence electrons. The lowest BCUT2D eigenvalue weighted by Crippen LogP contribution is -2.41. The van der Waals surface area contributed by atoms with Gasteiger partial charge in [-0.05, 0) is 30.9 Å². The maximum Gasteiger partial charge on any atom is 0.254 e. The van der Waals surface area contributed by atoms with E-state index in [4.69, 9.17) is 5.73 Å². The Morgan fingerprint density at radius 3 is 2.74 bits per heavy atom. The number of pyridine rings is 1. The molecule has 0 bridgehead atoms. The summed E-state index contributed by atoms with van der Waals surface area (Å²) < 4.78 is 0. The van der Waals surface area contributed by atoms with Crippen LogP contribution >= 0.6 is 0 Å². The van der Waals surface area contributed by atoms with E-state index in [1.165, 1.54) is 12.8 Å². The first-order valence-corrected chi connectivity index (χ1v) is 7.10. The number of carbonyl (C=O) groups is 1. The van der Waals surface area contributed by atoms with E-state index < -0.39 is 0 Å². The van der Waals surface area contributed by atoms with Gasteiger partial charge >= 0.3 is 0 Å². The third-order valence-corrected chi connectivity index (χ3v) is 3.62. The van der Waals surface area contributed by atoms with E-state index in [0.717, 1.165) is 19.4 Å². The molecule has 1 aromatic rings. The Hall–Kier alpha value is -1.58. The SMILES string of the molecule is CC(C)CN(C(=O)c1ccnc(N)c1)C1CCCC1. The topological polar surface area (TPSA) is 59.2 Å². The molecular weight excluding hydrogens is 238 g/mol. The maximum atomic E-state index is 12.7. The molecule has 1 fully saturated rings. The minimum atomic E-state index is 0.0923. The van der Waals surface area contributed by atoms with Crippen LogP contribution in [0.1, 0.15) is 49.9 Å². The van der Waals surface area contributed by atoms with Gasteiger partial charge in [0.05, 0.1) is 0 Å². The Labute approximate surface area is 115 Å². The Morgan fingerprint density at radius 1 is 1.47 bits per heavy atom. The second-order valence-corrected chi connectivity index (χ2v) is 5.76. The van der Waals surface area contributed by atoms with Crippen LogP contribution in [0.25, 0.3) is 0 Å². The molecule has 2 rings (SSSR count). The van der Waals surface area contributed by atoms with Crippen molar-refractivity contribution in [3.63, 3.8) is 0 Å². The fourth-order valence-electron chi connectivity index (χ4n) is 2.75. The summed E-state index contributed by atoms with van der Waals surface area (Å²) in [6, 6.07) is 3.82. The summed E-state index contributed by atoms with van der Waals surface area (Å²) in [6.07, 6.45) is 6.30. The highest BCUT2D eigenvalue weighted by Crippen LogP contribution is 2.25. The number of nitrogens with zero attached hydrogens (tertiary/aromatic N) is 2. The Morgan fingerprint density at radius 2 is 2.16 bits per heavy atom. The number of carbonyl (C=O) groups excluding carboxylic acids is 1. The Bertz CT molecular complexity index is 439. The maximum absolute atomic E-state index is 12.7. The van der Waals surface area contributed by atoms with E-state index in [2.05, 4.69) is 18.8 Å². The second kappa shape index (κ2) is 6.04. The summed E-state index contributed by atoms with van der Waals surface area (Å²) >= 11 is 0. The summed E-state index contributed by atoms with van der Waals surface area (Å²) in [5.41, 5.74) is 6.32. The lowest BCUT2D eigenvalue weighted by Gasteiger charge is -2.30. The second-order valence-electron chi connectivity index (χ2n) is 5.76. The molecule has 0 spiro atoms. The van der Waals surface area contributed by atoms with Crippen LogP contribution in [0.4, 0.5) is 5.82 Å². The average molecular weight is 261 g/mol. The predicted molar refractivity (Wildman–Crippen MR) is 76.8 cm³/mol. The van der Waals surface area contributed by atoms with Crippen molar-refractivity contribution in [2.75, 3.05) is 12.3 Å². The Balaban J connectivity index is 2.19. The smallest absolute Gasteiger partial charge is 0.254 e. The van der Waals surface area contributed by atoms with Gasteiger partial charge in [-0.3, -0.25) is 4.79 Å². The van der Waals surface area contributed by atoms with E-state index >= 15 is 0 Å². The van der Waals surface area contributed by atoms with E-state index in [1.807, 2.05) is 4.90 Å². The Kier molecular flexibility index (Phi) is 4.40. The van der Waals surface area contributed by atoms with Gasteiger partial charge in [-0.1, -0.05) is 26.7 Å². The highest BCUT2D eigenvalue weighted by Gasteiger charge is 2.27. The molecule has 19 heavy (non-hydrogen) atoms. The van der Waals surface area contributed by atoms with Gasteiger partial charge in [0.15, 0.2) is 0 Å². The van der Waals surface area contributed by atoms with Crippen molar-refractivity contribution in [1.29, 1.82) is 0 Å². The van der Waals surface area contributed by atoms with Crippen molar-refractivity contribution in [3.8, 4) is 0 Å². The third-order valence-electron chi connectivity index (χ3n) is 3.62. The van der Waals surface area contributed by atoms with Crippen molar-refractivity contribution < 1.29 is 4.79 Å². The van der Waals surface area contributed by atoms with Crippen LogP contribution in [0.3, 0.4) is 0 Å². The summed E-state index contributed by atoms with van der Waals surface area (Å²) in [5, 5.41) is 0. The van der Waals surface area contributed by atoms with Gasteiger partial charge < -0.3 is 10.6 Å². The molecule has 2 N–H and O–H groups in total. The zero-order valence-electron chi connectivity index (χ0n) is 11.8. The van der Waals surface area contributed by atoms with Gasteiger partial charge in [-0.25, -0.2) is 4.98 Å². The first-order chi connectivity index (χ1) is 9.08. The van der Waals surface area contributed by atoms with Crippen LogP contribution < -0.4 is 5.73 Å². The normalized spacial score (nSPS) is 15.9. The molecule has 1 heterocycles. The zero-order valence-corrected chi connectivity index (χ0v) is 11.8. The van der Waals surface area contributed by atoms with E-state index in [1.54, 1.807) is 18.3 Å². The highest BCUT2D eigenvalue weighted by molar-refractivity contribution is 5.95. The molecule has 1 aromatic heterocycles. The van der Waals surface area contributed by atoms with Crippen molar-refractivity contribution in [2.45, 2.75) is 45.6 Å². The number of aromatic nitrogens is 1. The summed E-state index contributed by atoms with van der Waals surface area (Å²) in [4.78, 5) is 18.6. The van der Waals surface area contributed by atoms with Gasteiger partial charge in [0.1, 0.15) is 5.82 Å². The van der Waals surface area contributed by atoms with Crippen LogP contribution in [0.2, 0.25) is 0 Å². The molecule has 1 aliphatic rings. The third kappa shape index (κ3) is 3.46. The van der Waals surface area contributed by atoms with Crippen molar-refractivity contribution in [1.82, 2.24) is 9.88 Å². The van der Waals surface area contributed by atoms with Gasteiger partial charge in [-0.2, -0.15) is 0 Å². The highest BCUT2D eigenvalue weighted by atomic mass is 16.2. The van der Waals surface area contributed by atoms with Gasteiger partial charge in [0.25, 0.3) is 5.91 Å². The molecule has 1 amide bonds. The first-order valence-electron chi connectivity index (χ1n) is 7.10. The van der Waals surface area contributed by atoms with Crippen LogP contribution in [0, 0.1) is 5.92 Å². The fraction of sp³-hybridized carbons (Fsp3) is 0.600. The molecule has 0 saturated heterocycles. The monoisotopic (exact) mass is 261 g/mol. The molecule has 4 nitrogen and oxygen atoms in total. The van der Waals surface area contributed by atoms with Gasteiger partial charge in [0, 0.05) is 24.3 Å². The zero-order chi connectivity index (χ0) is 13.8. The quantitative estimate of drug-likeness (QED) is 0.906. The average Bonchev–Trinajstić information content (AvgIpc) is 2.88. The van der Waals surface area contributed by atoms with E-state index in [0.29, 0.717) is 23.3 Å². The predicted octanol–water partition coefficient (Wildman–Crippen LogP) is 2.70. The van der Waals surface area contributed by atoms with E-state index in [9.17, 15) is 4.79 Å². The number of amides is 1. The lowest BCUT2D eigenvalue weighted by atomic mass is 10.1. The van der Waals surface area contributed by atoms with Crippen molar-refractivity contribution in [3.05, 3.63) is 23.9 Å². The molecule has 4 heteroatoms. The molecule has 0 unspecified atom stereocenters. The molecule has 1 aliphatic carbocycles. The summed E-state index contributed by atoms with van der Waals surface area (Å²) in [6.45, 7) is 5.11. The molecule has 0 atom stereocenters. The molecular formula is C15H23N3O. The van der Waals surface area contributed by atoms with Gasteiger partial charge in [0.2, 0.25) is 0 Å². The van der Waals surface area contributed by atoms with Crippen LogP contribution in [-0.4, -0.2) is 28.4 Å². The minimum Gasteiger partial charge on any atom is -0.384 e. The number of nitrogen functional groups attached to an aromatic ring is 1. The van der Waals surface area contributed by atoms with Crippen LogP contribution in [0.15, 0.2) is 18.3 Å². The number of rotatable bonds is 4. The number of hydrogen-bond acceptors (Lipinski definition) is 3. The first kappa shape index (κ1) is 13.8. The van der Waals surface area contributed by atoms with Crippen LogP contribution in [-0.2, 0) is 0 Å². The molecule has 0 aliphatic heterocycles. The van der Waals surface area contributed by atoms with Crippen LogP contribution in [0.5, 0.6) is 0 Å². The van der Waals surface area contributed by atoms with Crippen molar-refractivity contribution >= 4 is 11.7 Å². The largest absolute Gasteiger partial charge is 0.384 e. The molecule has 1 saturated carbocycles. The number of nitrogens with two attached hydrogens (primary N) is 1. The number of anilines is 1.